The molecule has 1 rings (SSSR count). The average Bonchev–Trinajstić information content (AvgIpc) is 2.64. The van der Waals surface area contributed by atoms with Crippen LogP contribution in [-0.4, -0.2) is 38.3 Å². The molecule has 0 aromatic carbocycles. The van der Waals surface area contributed by atoms with E-state index in [1.165, 1.54) is 18.6 Å². The largest absolute Gasteiger partial charge is 0.381 e. The summed E-state index contributed by atoms with van der Waals surface area (Å²) < 4.78 is 5.57. The van der Waals surface area contributed by atoms with Crippen LogP contribution in [0.1, 0.15) is 26.7 Å². The smallest absolute Gasteiger partial charge is 0.0535 e. The third-order valence-corrected chi connectivity index (χ3v) is 3.69. The molecule has 90 valence electrons. The third-order valence-electron chi connectivity index (χ3n) is 3.07. The third kappa shape index (κ3) is 4.75. The molecule has 0 aromatic rings. The first kappa shape index (κ1) is 13.3. The maximum absolute atomic E-state index is 5.57. The molecule has 1 atom stereocenters. The molecule has 1 aliphatic heterocycles. The second kappa shape index (κ2) is 6.77. The molecule has 0 saturated carbocycles. The standard InChI is InChI=1S/C12H25NOS/c1-11(2)8-13-9-12(5-7-15-3)4-6-14-10-12/h11,13H,4-10H2,1-3H3. The van der Waals surface area contributed by atoms with Gasteiger partial charge in [-0.2, -0.15) is 11.8 Å². The van der Waals surface area contributed by atoms with Crippen LogP contribution < -0.4 is 5.32 Å². The monoisotopic (exact) mass is 231 g/mol. The normalized spacial score (nSPS) is 26.4. The Labute approximate surface area is 98.5 Å². The van der Waals surface area contributed by atoms with Gasteiger partial charge < -0.3 is 10.1 Å². The summed E-state index contributed by atoms with van der Waals surface area (Å²) in [6, 6.07) is 0. The molecule has 1 aliphatic rings. The van der Waals surface area contributed by atoms with Crippen molar-refractivity contribution < 1.29 is 4.74 Å². The van der Waals surface area contributed by atoms with Gasteiger partial charge in [0.1, 0.15) is 0 Å². The van der Waals surface area contributed by atoms with Crippen molar-refractivity contribution >= 4 is 11.8 Å². The minimum atomic E-state index is 0.428. The highest BCUT2D eigenvalue weighted by Crippen LogP contribution is 2.32. The van der Waals surface area contributed by atoms with Crippen molar-refractivity contribution in [3.63, 3.8) is 0 Å². The minimum Gasteiger partial charge on any atom is -0.381 e. The summed E-state index contributed by atoms with van der Waals surface area (Å²) in [4.78, 5) is 0. The molecule has 1 unspecified atom stereocenters. The molecule has 0 aromatic heterocycles. The topological polar surface area (TPSA) is 21.3 Å². The number of ether oxygens (including phenoxy) is 1. The van der Waals surface area contributed by atoms with E-state index in [4.69, 9.17) is 4.74 Å². The predicted octanol–water partition coefficient (Wildman–Crippen LogP) is 2.39. The van der Waals surface area contributed by atoms with E-state index in [9.17, 15) is 0 Å². The van der Waals surface area contributed by atoms with Gasteiger partial charge in [-0.05, 0) is 37.3 Å². The summed E-state index contributed by atoms with van der Waals surface area (Å²) in [5, 5.41) is 3.59. The van der Waals surface area contributed by atoms with Crippen LogP contribution in [0.3, 0.4) is 0 Å². The van der Waals surface area contributed by atoms with Crippen LogP contribution in [0.15, 0.2) is 0 Å². The molecule has 0 radical (unpaired) electrons. The molecule has 0 bridgehead atoms. The van der Waals surface area contributed by atoms with Gasteiger partial charge in [-0.3, -0.25) is 0 Å². The van der Waals surface area contributed by atoms with Gasteiger partial charge in [-0.1, -0.05) is 13.8 Å². The lowest BCUT2D eigenvalue weighted by Gasteiger charge is -2.28. The highest BCUT2D eigenvalue weighted by Gasteiger charge is 2.33. The predicted molar refractivity (Wildman–Crippen MR) is 68.6 cm³/mol. The van der Waals surface area contributed by atoms with Crippen LogP contribution in [0.25, 0.3) is 0 Å². The summed E-state index contributed by atoms with van der Waals surface area (Å²) in [6.07, 6.45) is 4.71. The quantitative estimate of drug-likeness (QED) is 0.727. The molecule has 1 N–H and O–H groups in total. The van der Waals surface area contributed by atoms with Gasteiger partial charge in [-0.25, -0.2) is 0 Å². The van der Waals surface area contributed by atoms with E-state index in [0.717, 1.165) is 32.2 Å². The molecular weight excluding hydrogens is 206 g/mol. The van der Waals surface area contributed by atoms with E-state index < -0.39 is 0 Å². The van der Waals surface area contributed by atoms with Crippen molar-refractivity contribution in [1.82, 2.24) is 5.32 Å². The van der Waals surface area contributed by atoms with E-state index in [1.54, 1.807) is 0 Å². The van der Waals surface area contributed by atoms with Crippen molar-refractivity contribution in [2.24, 2.45) is 11.3 Å². The minimum absolute atomic E-state index is 0.428. The van der Waals surface area contributed by atoms with Gasteiger partial charge in [0, 0.05) is 18.6 Å². The van der Waals surface area contributed by atoms with E-state index in [1.807, 2.05) is 11.8 Å². The van der Waals surface area contributed by atoms with Crippen molar-refractivity contribution in [3.8, 4) is 0 Å². The fourth-order valence-electron chi connectivity index (χ4n) is 2.02. The Hall–Kier alpha value is 0.270. The van der Waals surface area contributed by atoms with Gasteiger partial charge in [0.2, 0.25) is 0 Å². The Morgan fingerprint density at radius 2 is 2.27 bits per heavy atom. The van der Waals surface area contributed by atoms with Gasteiger partial charge in [-0.15, -0.1) is 0 Å². The molecule has 1 heterocycles. The molecule has 0 aliphatic carbocycles. The molecular formula is C12H25NOS. The maximum Gasteiger partial charge on any atom is 0.0535 e. The van der Waals surface area contributed by atoms with Crippen molar-refractivity contribution in [2.45, 2.75) is 26.7 Å². The maximum atomic E-state index is 5.57. The zero-order chi connectivity index (χ0) is 11.1. The first-order valence-electron chi connectivity index (χ1n) is 5.96. The Morgan fingerprint density at radius 1 is 1.47 bits per heavy atom. The molecule has 3 heteroatoms. The molecule has 15 heavy (non-hydrogen) atoms. The average molecular weight is 231 g/mol. The van der Waals surface area contributed by atoms with Gasteiger partial charge in [0.05, 0.1) is 6.61 Å². The van der Waals surface area contributed by atoms with Gasteiger partial charge >= 0.3 is 0 Å². The number of hydrogen-bond acceptors (Lipinski definition) is 3. The lowest BCUT2D eigenvalue weighted by atomic mass is 9.84. The second-order valence-electron chi connectivity index (χ2n) is 5.07. The van der Waals surface area contributed by atoms with Crippen molar-refractivity contribution in [3.05, 3.63) is 0 Å². The van der Waals surface area contributed by atoms with Crippen LogP contribution >= 0.6 is 11.8 Å². The Morgan fingerprint density at radius 3 is 2.80 bits per heavy atom. The van der Waals surface area contributed by atoms with Crippen LogP contribution in [0.5, 0.6) is 0 Å². The highest BCUT2D eigenvalue weighted by atomic mass is 32.2. The Kier molecular flexibility index (Phi) is 6.02. The molecule has 0 spiro atoms. The lowest BCUT2D eigenvalue weighted by Crippen LogP contribution is -2.37. The molecule has 0 amide bonds. The van der Waals surface area contributed by atoms with Gasteiger partial charge in [0.25, 0.3) is 0 Å². The molecule has 2 nitrogen and oxygen atoms in total. The number of hydrogen-bond donors (Lipinski definition) is 1. The van der Waals surface area contributed by atoms with E-state index in [-0.39, 0.29) is 0 Å². The van der Waals surface area contributed by atoms with E-state index >= 15 is 0 Å². The van der Waals surface area contributed by atoms with E-state index in [2.05, 4.69) is 25.4 Å². The summed E-state index contributed by atoms with van der Waals surface area (Å²) in [5.74, 6) is 2.00. The molecule has 1 saturated heterocycles. The zero-order valence-corrected chi connectivity index (χ0v) is 11.2. The lowest BCUT2D eigenvalue weighted by molar-refractivity contribution is 0.147. The second-order valence-corrected chi connectivity index (χ2v) is 6.06. The highest BCUT2D eigenvalue weighted by molar-refractivity contribution is 7.98. The van der Waals surface area contributed by atoms with Crippen molar-refractivity contribution in [1.29, 1.82) is 0 Å². The van der Waals surface area contributed by atoms with Crippen molar-refractivity contribution in [2.75, 3.05) is 38.3 Å². The number of nitrogens with one attached hydrogen (secondary N) is 1. The SMILES string of the molecule is CSCCC1(CNCC(C)C)CCOC1. The first-order valence-corrected chi connectivity index (χ1v) is 7.35. The van der Waals surface area contributed by atoms with Crippen LogP contribution in [0, 0.1) is 11.3 Å². The Balaban J connectivity index is 2.29. The fraction of sp³-hybridized carbons (Fsp3) is 1.00. The number of thioether (sulfide) groups is 1. The summed E-state index contributed by atoms with van der Waals surface area (Å²) in [5.41, 5.74) is 0.428. The first-order chi connectivity index (χ1) is 7.18. The van der Waals surface area contributed by atoms with Gasteiger partial charge in [0.15, 0.2) is 0 Å². The zero-order valence-electron chi connectivity index (χ0n) is 10.3. The summed E-state index contributed by atoms with van der Waals surface area (Å²) >= 11 is 1.94. The summed E-state index contributed by atoms with van der Waals surface area (Å²) in [6.45, 7) is 8.68. The van der Waals surface area contributed by atoms with Crippen LogP contribution in [0.4, 0.5) is 0 Å². The van der Waals surface area contributed by atoms with Crippen LogP contribution in [-0.2, 0) is 4.74 Å². The van der Waals surface area contributed by atoms with E-state index in [0.29, 0.717) is 5.41 Å². The fourth-order valence-corrected chi connectivity index (χ4v) is 2.66. The Bertz CT molecular complexity index is 167. The molecule has 1 fully saturated rings. The summed E-state index contributed by atoms with van der Waals surface area (Å²) in [7, 11) is 0. The number of rotatable bonds is 7. The van der Waals surface area contributed by atoms with Crippen LogP contribution in [0.2, 0.25) is 0 Å².